The second-order valence-corrected chi connectivity index (χ2v) is 8.04. The molecule has 0 aliphatic rings. The molecule has 0 heterocycles. The summed E-state index contributed by atoms with van der Waals surface area (Å²) >= 11 is 20.7. The first kappa shape index (κ1) is 24.5. The van der Waals surface area contributed by atoms with Gasteiger partial charge in [0.1, 0.15) is 6.54 Å². The molecule has 0 fully saturated rings. The number of carbonyl (C=O) groups excluding carboxylic acids is 1. The van der Waals surface area contributed by atoms with Crippen LogP contribution in [0, 0.1) is 0 Å². The van der Waals surface area contributed by atoms with E-state index in [2.05, 4.69) is 21.2 Å². The molecule has 11 heteroatoms. The third-order valence-electron chi connectivity index (χ3n) is 3.84. The van der Waals surface area contributed by atoms with Crippen LogP contribution in [0.2, 0.25) is 15.1 Å². The Kier molecular flexibility index (Phi) is 8.21. The second-order valence-electron chi connectivity index (χ2n) is 5.99. The summed E-state index contributed by atoms with van der Waals surface area (Å²) in [5.41, 5.74) is 0.330. The van der Waals surface area contributed by atoms with Gasteiger partial charge in [0.25, 0.3) is 5.91 Å². The maximum absolute atomic E-state index is 13.6. The van der Waals surface area contributed by atoms with Gasteiger partial charge in [-0.2, -0.15) is 13.2 Å². The molecule has 0 saturated carbocycles. The Morgan fingerprint density at radius 1 is 1.13 bits per heavy atom. The zero-order chi connectivity index (χ0) is 22.6. The van der Waals surface area contributed by atoms with Crippen LogP contribution in [0.1, 0.15) is 27.4 Å². The third-order valence-corrected chi connectivity index (χ3v) is 5.69. The largest absolute Gasteiger partial charge is 0.480 e. The zero-order valence-electron chi connectivity index (χ0n) is 14.7. The van der Waals surface area contributed by atoms with Crippen LogP contribution >= 0.6 is 50.7 Å². The van der Waals surface area contributed by atoms with Crippen molar-refractivity contribution >= 4 is 68.7 Å². The summed E-state index contributed by atoms with van der Waals surface area (Å²) in [6.07, 6.45) is -2.45. The lowest BCUT2D eigenvalue weighted by atomic mass is 9.97. The minimum absolute atomic E-state index is 0.0346. The Hall–Kier alpha value is -1.74. The molecule has 30 heavy (non-hydrogen) atoms. The van der Waals surface area contributed by atoms with E-state index < -0.39 is 30.5 Å². The van der Waals surface area contributed by atoms with Crippen molar-refractivity contribution in [2.24, 2.45) is 0 Å². The number of benzene rings is 2. The van der Waals surface area contributed by atoms with Gasteiger partial charge in [-0.3, -0.25) is 9.59 Å². The maximum atomic E-state index is 13.6. The van der Waals surface area contributed by atoms with Gasteiger partial charge < -0.3 is 10.4 Å². The fourth-order valence-electron chi connectivity index (χ4n) is 2.44. The van der Waals surface area contributed by atoms with Crippen molar-refractivity contribution in [2.45, 2.75) is 12.1 Å². The van der Waals surface area contributed by atoms with Gasteiger partial charge in [0.15, 0.2) is 0 Å². The summed E-state index contributed by atoms with van der Waals surface area (Å²) in [6, 6.07) is 6.42. The molecule has 0 saturated heterocycles. The van der Waals surface area contributed by atoms with Crippen LogP contribution in [0.3, 0.4) is 0 Å². The fraction of sp³-hybridized carbons (Fsp3) is 0.158. The molecule has 0 bridgehead atoms. The molecule has 0 aliphatic carbocycles. The number of halogens is 7. The van der Waals surface area contributed by atoms with E-state index in [1.807, 2.05) is 0 Å². The average molecular weight is 546 g/mol. The minimum atomic E-state index is -4.62. The molecule has 1 unspecified atom stereocenters. The molecule has 2 rings (SSSR count). The minimum Gasteiger partial charge on any atom is -0.480 e. The van der Waals surface area contributed by atoms with Crippen LogP contribution in [0.15, 0.2) is 40.9 Å². The normalized spacial score (nSPS) is 12.8. The van der Waals surface area contributed by atoms with Crippen LogP contribution in [0.25, 0.3) is 6.08 Å². The number of rotatable bonds is 6. The SMILES string of the molecule is O=C(O)CNC(=O)c1ccc(C=CC(c2cc(Cl)c(Cl)c(Cl)c2)C(F)(F)F)cc1Br. The quantitative estimate of drug-likeness (QED) is 0.403. The molecule has 2 aromatic carbocycles. The van der Waals surface area contributed by atoms with Gasteiger partial charge in [0, 0.05) is 4.47 Å². The number of hydrogen-bond donors (Lipinski definition) is 2. The zero-order valence-corrected chi connectivity index (χ0v) is 18.6. The maximum Gasteiger partial charge on any atom is 0.399 e. The van der Waals surface area contributed by atoms with E-state index in [-0.39, 0.29) is 30.7 Å². The smallest absolute Gasteiger partial charge is 0.399 e. The number of amides is 1. The number of aliphatic carboxylic acids is 1. The Morgan fingerprint density at radius 2 is 1.73 bits per heavy atom. The lowest BCUT2D eigenvalue weighted by molar-refractivity contribution is -0.139. The van der Waals surface area contributed by atoms with Crippen LogP contribution < -0.4 is 5.32 Å². The fourth-order valence-corrected chi connectivity index (χ4v) is 3.63. The van der Waals surface area contributed by atoms with Crippen LogP contribution in [-0.4, -0.2) is 29.7 Å². The number of carboxylic acid groups (broad SMARTS) is 1. The van der Waals surface area contributed by atoms with Gasteiger partial charge in [-0.1, -0.05) is 53.0 Å². The van der Waals surface area contributed by atoms with Gasteiger partial charge in [0.2, 0.25) is 0 Å². The van der Waals surface area contributed by atoms with Crippen LogP contribution in [-0.2, 0) is 4.79 Å². The second kappa shape index (κ2) is 10.0. The van der Waals surface area contributed by atoms with E-state index >= 15 is 0 Å². The van der Waals surface area contributed by atoms with Crippen molar-refractivity contribution in [3.63, 3.8) is 0 Å². The monoisotopic (exact) mass is 543 g/mol. The third kappa shape index (κ3) is 6.38. The molecule has 1 amide bonds. The molecular weight excluding hydrogens is 533 g/mol. The topological polar surface area (TPSA) is 66.4 Å². The number of carboxylic acids is 1. The molecule has 0 radical (unpaired) electrons. The Labute approximate surface area is 192 Å². The van der Waals surface area contributed by atoms with Crippen molar-refractivity contribution in [3.05, 3.63) is 72.6 Å². The predicted molar refractivity (Wildman–Crippen MR) is 113 cm³/mol. The molecule has 0 aromatic heterocycles. The van der Waals surface area contributed by atoms with Crippen molar-refractivity contribution in [1.29, 1.82) is 0 Å². The molecule has 4 nitrogen and oxygen atoms in total. The molecule has 160 valence electrons. The Balaban J connectivity index is 2.31. The summed E-state index contributed by atoms with van der Waals surface area (Å²) in [4.78, 5) is 22.5. The van der Waals surface area contributed by atoms with Crippen molar-refractivity contribution < 1.29 is 27.9 Å². The van der Waals surface area contributed by atoms with Crippen LogP contribution in [0.5, 0.6) is 0 Å². The number of alkyl halides is 3. The van der Waals surface area contributed by atoms with Gasteiger partial charge in [-0.05, 0) is 51.3 Å². The van der Waals surface area contributed by atoms with E-state index in [1.165, 1.54) is 24.3 Å². The van der Waals surface area contributed by atoms with Gasteiger partial charge in [-0.15, -0.1) is 0 Å². The average Bonchev–Trinajstić information content (AvgIpc) is 2.63. The van der Waals surface area contributed by atoms with Gasteiger partial charge >= 0.3 is 12.1 Å². The first-order valence-electron chi connectivity index (χ1n) is 8.09. The number of nitrogens with one attached hydrogen (secondary N) is 1. The first-order valence-corrected chi connectivity index (χ1v) is 10.0. The lowest BCUT2D eigenvalue weighted by Crippen LogP contribution is -2.29. The van der Waals surface area contributed by atoms with E-state index in [4.69, 9.17) is 39.9 Å². The number of hydrogen-bond acceptors (Lipinski definition) is 2. The summed E-state index contributed by atoms with van der Waals surface area (Å²) < 4.78 is 41.1. The van der Waals surface area contributed by atoms with Gasteiger partial charge in [0.05, 0.1) is 26.5 Å². The first-order chi connectivity index (χ1) is 13.9. The van der Waals surface area contributed by atoms with Crippen LogP contribution in [0.4, 0.5) is 13.2 Å². The van der Waals surface area contributed by atoms with Crippen molar-refractivity contribution in [3.8, 4) is 0 Å². The molecule has 2 aromatic rings. The summed E-state index contributed by atoms with van der Waals surface area (Å²) in [5.74, 6) is -3.85. The van der Waals surface area contributed by atoms with Gasteiger partial charge in [-0.25, -0.2) is 0 Å². The van der Waals surface area contributed by atoms with Crippen molar-refractivity contribution in [2.75, 3.05) is 6.54 Å². The molecule has 1 atom stereocenters. The molecular formula is C19H12BrCl3F3NO3. The number of carbonyl (C=O) groups is 2. The van der Waals surface area contributed by atoms with E-state index in [0.29, 0.717) is 5.56 Å². The summed E-state index contributed by atoms with van der Waals surface area (Å²) in [5, 5.41) is 10.6. The highest BCUT2D eigenvalue weighted by Gasteiger charge is 2.39. The highest BCUT2D eigenvalue weighted by Crippen LogP contribution is 2.41. The van der Waals surface area contributed by atoms with E-state index in [0.717, 1.165) is 18.2 Å². The standard InChI is InChI=1S/C19H12BrCl3F3NO3/c20-13-5-9(1-3-11(13)18(30)27-8-16(28)29)2-4-12(19(24,25)26)10-6-14(21)17(23)15(22)7-10/h1-7,12H,8H2,(H,27,30)(H,28,29). The lowest BCUT2D eigenvalue weighted by Gasteiger charge is -2.18. The Morgan fingerprint density at radius 3 is 2.23 bits per heavy atom. The molecule has 2 N–H and O–H groups in total. The van der Waals surface area contributed by atoms with E-state index in [9.17, 15) is 22.8 Å². The molecule has 0 aliphatic heterocycles. The Bertz CT molecular complexity index is 989. The highest BCUT2D eigenvalue weighted by molar-refractivity contribution is 9.10. The summed E-state index contributed by atoms with van der Waals surface area (Å²) in [7, 11) is 0. The highest BCUT2D eigenvalue weighted by atomic mass is 79.9. The summed E-state index contributed by atoms with van der Waals surface area (Å²) in [6.45, 7) is -0.563. The predicted octanol–water partition coefficient (Wildman–Crippen LogP) is 6.58. The van der Waals surface area contributed by atoms with E-state index in [1.54, 1.807) is 0 Å². The van der Waals surface area contributed by atoms with Crippen molar-refractivity contribution in [1.82, 2.24) is 5.32 Å². The number of allylic oxidation sites excluding steroid dienone is 1. The molecule has 0 spiro atoms.